The van der Waals surface area contributed by atoms with E-state index >= 15 is 0 Å². The zero-order valence-electron chi connectivity index (χ0n) is 13.9. The van der Waals surface area contributed by atoms with Crippen molar-refractivity contribution in [2.75, 3.05) is 6.61 Å². The zero-order chi connectivity index (χ0) is 17.1. The van der Waals surface area contributed by atoms with E-state index in [0.29, 0.717) is 18.3 Å². The molecule has 1 saturated heterocycles. The van der Waals surface area contributed by atoms with Crippen molar-refractivity contribution < 1.29 is 14.3 Å². The summed E-state index contributed by atoms with van der Waals surface area (Å²) in [5.74, 6) is -0.343. The third-order valence-electron chi connectivity index (χ3n) is 4.79. The average Bonchev–Trinajstić information content (AvgIpc) is 3.11. The molecule has 2 aliphatic rings. The number of thioether (sulfide) groups is 1. The second-order valence-corrected chi connectivity index (χ2v) is 7.93. The zero-order valence-corrected chi connectivity index (χ0v) is 14.7. The van der Waals surface area contributed by atoms with Crippen LogP contribution in [-0.4, -0.2) is 28.9 Å². The van der Waals surface area contributed by atoms with E-state index in [2.05, 4.69) is 29.2 Å². The summed E-state index contributed by atoms with van der Waals surface area (Å²) in [6.07, 6.45) is 5.89. The van der Waals surface area contributed by atoms with Gasteiger partial charge in [0.25, 0.3) is 0 Å². The van der Waals surface area contributed by atoms with E-state index in [0.717, 1.165) is 18.4 Å². The van der Waals surface area contributed by atoms with Crippen LogP contribution in [0, 0.1) is 5.92 Å². The van der Waals surface area contributed by atoms with Gasteiger partial charge in [0.15, 0.2) is 0 Å². The van der Waals surface area contributed by atoms with Gasteiger partial charge in [-0.3, -0.25) is 9.78 Å². The van der Waals surface area contributed by atoms with Crippen molar-refractivity contribution in [1.82, 2.24) is 4.98 Å². The second kappa shape index (κ2) is 7.58. The van der Waals surface area contributed by atoms with E-state index in [1.807, 2.05) is 30.0 Å². The van der Waals surface area contributed by atoms with Gasteiger partial charge in [0.05, 0.1) is 12.0 Å². The van der Waals surface area contributed by atoms with E-state index < -0.39 is 0 Å². The summed E-state index contributed by atoms with van der Waals surface area (Å²) >= 11 is 1.87. The van der Waals surface area contributed by atoms with E-state index in [-0.39, 0.29) is 24.1 Å². The third-order valence-corrected chi connectivity index (χ3v) is 6.05. The molecule has 25 heavy (non-hydrogen) atoms. The lowest BCUT2D eigenvalue weighted by atomic mass is 9.93. The van der Waals surface area contributed by atoms with E-state index in [9.17, 15) is 4.79 Å². The molecule has 1 saturated carbocycles. The summed E-state index contributed by atoms with van der Waals surface area (Å²) in [5, 5.41) is 0.536. The van der Waals surface area contributed by atoms with Gasteiger partial charge >= 0.3 is 5.97 Å². The van der Waals surface area contributed by atoms with Crippen LogP contribution < -0.4 is 0 Å². The quantitative estimate of drug-likeness (QED) is 0.758. The van der Waals surface area contributed by atoms with E-state index in [1.165, 1.54) is 4.90 Å². The first-order chi connectivity index (χ1) is 12.3. The Morgan fingerprint density at radius 3 is 2.76 bits per heavy atom. The van der Waals surface area contributed by atoms with Gasteiger partial charge in [-0.25, -0.2) is 0 Å². The normalized spacial score (nSPS) is 28.3. The minimum Gasteiger partial charge on any atom is -0.462 e. The maximum Gasteiger partial charge on any atom is 0.312 e. The first-order valence-electron chi connectivity index (χ1n) is 8.73. The Kier molecular flexibility index (Phi) is 5.04. The fourth-order valence-electron chi connectivity index (χ4n) is 3.36. The smallest absolute Gasteiger partial charge is 0.312 e. The fourth-order valence-corrected chi connectivity index (χ4v) is 4.68. The minimum absolute atomic E-state index is 0.0452. The summed E-state index contributed by atoms with van der Waals surface area (Å²) in [6, 6.07) is 14.2. The molecule has 1 aromatic heterocycles. The number of rotatable bonds is 5. The number of benzene rings is 1. The molecular formula is C20H21NO3S. The van der Waals surface area contributed by atoms with Gasteiger partial charge in [-0.05, 0) is 43.0 Å². The number of ether oxygens (including phenoxy) is 2. The van der Waals surface area contributed by atoms with Crippen molar-refractivity contribution in [1.29, 1.82) is 0 Å². The lowest BCUT2D eigenvalue weighted by molar-refractivity contribution is -0.159. The SMILES string of the molecule is O=C(OC1CC(Sc2ccccc2)C1)[C@@H]1CCO[C@H]1c1cccnc1. The highest BCUT2D eigenvalue weighted by Gasteiger charge is 2.40. The Morgan fingerprint density at radius 2 is 2.00 bits per heavy atom. The van der Waals surface area contributed by atoms with Crippen molar-refractivity contribution in [2.24, 2.45) is 5.92 Å². The lowest BCUT2D eigenvalue weighted by Gasteiger charge is -2.35. The van der Waals surface area contributed by atoms with Crippen molar-refractivity contribution in [3.05, 3.63) is 60.4 Å². The molecule has 1 aliphatic carbocycles. The molecule has 0 radical (unpaired) electrons. The summed E-state index contributed by atoms with van der Waals surface area (Å²) in [5.41, 5.74) is 0.952. The molecule has 4 nitrogen and oxygen atoms in total. The van der Waals surface area contributed by atoms with Crippen LogP contribution in [0.3, 0.4) is 0 Å². The van der Waals surface area contributed by atoms with Gasteiger partial charge in [0.1, 0.15) is 6.10 Å². The Hall–Kier alpha value is -1.85. The van der Waals surface area contributed by atoms with Gasteiger partial charge in [0, 0.05) is 29.1 Å². The van der Waals surface area contributed by atoms with E-state index in [1.54, 1.807) is 12.4 Å². The molecule has 0 amide bonds. The van der Waals surface area contributed by atoms with Crippen LogP contribution in [0.25, 0.3) is 0 Å². The van der Waals surface area contributed by atoms with Gasteiger partial charge in [0.2, 0.25) is 0 Å². The Balaban J connectivity index is 1.28. The summed E-state index contributed by atoms with van der Waals surface area (Å²) < 4.78 is 11.5. The molecule has 5 heteroatoms. The first kappa shape index (κ1) is 16.6. The third kappa shape index (κ3) is 3.88. The van der Waals surface area contributed by atoms with E-state index in [4.69, 9.17) is 9.47 Å². The molecule has 4 rings (SSSR count). The van der Waals surface area contributed by atoms with Crippen LogP contribution >= 0.6 is 11.8 Å². The number of carbonyl (C=O) groups is 1. The van der Waals surface area contributed by atoms with Crippen molar-refractivity contribution >= 4 is 17.7 Å². The van der Waals surface area contributed by atoms with Crippen LogP contribution in [0.15, 0.2) is 59.8 Å². The number of carbonyl (C=O) groups excluding carboxylic acids is 1. The predicted octanol–water partition coefficient (Wildman–Crippen LogP) is 4.03. The number of esters is 1. The van der Waals surface area contributed by atoms with Crippen LogP contribution in [0.1, 0.15) is 30.9 Å². The molecule has 2 atom stereocenters. The maximum absolute atomic E-state index is 12.6. The molecule has 2 heterocycles. The van der Waals surface area contributed by atoms with Gasteiger partial charge < -0.3 is 9.47 Å². The Labute approximate surface area is 151 Å². The van der Waals surface area contributed by atoms with Gasteiger partial charge in [-0.2, -0.15) is 0 Å². The largest absolute Gasteiger partial charge is 0.462 e. The van der Waals surface area contributed by atoms with Crippen molar-refractivity contribution in [3.63, 3.8) is 0 Å². The van der Waals surface area contributed by atoms with Crippen molar-refractivity contribution in [2.45, 2.75) is 41.6 Å². The lowest BCUT2D eigenvalue weighted by Crippen LogP contribution is -2.37. The fraction of sp³-hybridized carbons (Fsp3) is 0.400. The summed E-state index contributed by atoms with van der Waals surface area (Å²) in [4.78, 5) is 18.0. The number of pyridine rings is 1. The molecule has 130 valence electrons. The summed E-state index contributed by atoms with van der Waals surface area (Å²) in [6.45, 7) is 0.594. The molecule has 0 bridgehead atoms. The molecule has 2 aromatic rings. The highest BCUT2D eigenvalue weighted by atomic mass is 32.2. The molecule has 0 N–H and O–H groups in total. The van der Waals surface area contributed by atoms with Gasteiger partial charge in [-0.15, -0.1) is 11.8 Å². The maximum atomic E-state index is 12.6. The molecule has 1 aromatic carbocycles. The summed E-state index contributed by atoms with van der Waals surface area (Å²) in [7, 11) is 0. The predicted molar refractivity (Wildman–Crippen MR) is 96.2 cm³/mol. The number of hydrogen-bond acceptors (Lipinski definition) is 5. The minimum atomic E-state index is -0.226. The molecule has 1 aliphatic heterocycles. The topological polar surface area (TPSA) is 48.4 Å². The van der Waals surface area contributed by atoms with Crippen LogP contribution in [0.2, 0.25) is 0 Å². The number of aromatic nitrogens is 1. The average molecular weight is 355 g/mol. The second-order valence-electron chi connectivity index (χ2n) is 6.56. The standard InChI is InChI=1S/C20H21NO3S/c22-20(18-8-10-23-19(18)14-5-4-9-21-13-14)24-15-11-17(12-15)25-16-6-2-1-3-7-16/h1-7,9,13,15,17-19H,8,10-12H2/t15?,17?,18-,19+/m1/s1. The molecule has 0 unspecified atom stereocenters. The first-order valence-corrected chi connectivity index (χ1v) is 9.61. The van der Waals surface area contributed by atoms with Crippen LogP contribution in [-0.2, 0) is 14.3 Å². The monoisotopic (exact) mass is 355 g/mol. The highest BCUT2D eigenvalue weighted by Crippen LogP contribution is 2.40. The Bertz CT molecular complexity index is 703. The molecular weight excluding hydrogens is 334 g/mol. The number of nitrogens with zero attached hydrogens (tertiary/aromatic N) is 1. The van der Waals surface area contributed by atoms with Crippen molar-refractivity contribution in [3.8, 4) is 0 Å². The molecule has 2 fully saturated rings. The highest BCUT2D eigenvalue weighted by molar-refractivity contribution is 8.00. The van der Waals surface area contributed by atoms with Crippen LogP contribution in [0.4, 0.5) is 0 Å². The van der Waals surface area contributed by atoms with Crippen LogP contribution in [0.5, 0.6) is 0 Å². The Morgan fingerprint density at radius 1 is 1.16 bits per heavy atom. The van der Waals surface area contributed by atoms with Gasteiger partial charge in [-0.1, -0.05) is 24.3 Å². The number of hydrogen-bond donors (Lipinski definition) is 0. The molecule has 0 spiro atoms.